The summed E-state index contributed by atoms with van der Waals surface area (Å²) < 4.78 is 15.9. The number of nitrogen functional groups attached to an aromatic ring is 1. The van der Waals surface area contributed by atoms with Gasteiger partial charge in [0.25, 0.3) is 5.91 Å². The van der Waals surface area contributed by atoms with Crippen LogP contribution in [0.1, 0.15) is 11.1 Å². The number of benzene rings is 2. The van der Waals surface area contributed by atoms with E-state index in [9.17, 15) is 9.18 Å². The molecule has 4 aromatic rings. The molecule has 0 aliphatic heterocycles. The first-order valence-electron chi connectivity index (χ1n) is 10.0. The molecule has 2 aromatic carbocycles. The van der Waals surface area contributed by atoms with E-state index in [1.54, 1.807) is 10.9 Å². The monoisotopic (exact) mass is 444 g/mol. The van der Waals surface area contributed by atoms with Gasteiger partial charge >= 0.3 is 0 Å². The lowest BCUT2D eigenvalue weighted by atomic mass is 10.2. The van der Waals surface area contributed by atoms with Gasteiger partial charge in [0.2, 0.25) is 0 Å². The molecule has 0 saturated heterocycles. The maximum Gasteiger partial charge on any atom is 0.272 e. The minimum Gasteiger partial charge on any atom is -0.402 e. The average Bonchev–Trinajstić information content (AvgIpc) is 3.29. The molecule has 0 spiro atoms. The molecule has 0 aliphatic rings. The van der Waals surface area contributed by atoms with Crippen molar-refractivity contribution in [3.63, 3.8) is 0 Å². The number of hydrogen-bond donors (Lipinski definition) is 3. The summed E-state index contributed by atoms with van der Waals surface area (Å²) in [6, 6.07) is 16.6. The van der Waals surface area contributed by atoms with Crippen molar-refractivity contribution in [3.05, 3.63) is 90.4 Å². The number of halogens is 1. The quantitative estimate of drug-likeness (QED) is 0.375. The molecule has 33 heavy (non-hydrogen) atoms. The number of nitrogens with zero attached hydrogens (tertiary/aromatic N) is 5. The Balaban J connectivity index is 1.45. The second kappa shape index (κ2) is 9.69. The van der Waals surface area contributed by atoms with Crippen LogP contribution in [0.4, 0.5) is 10.2 Å². The molecule has 1 amide bonds. The summed E-state index contributed by atoms with van der Waals surface area (Å²) in [6.45, 7) is 0.341. The molecule has 5 N–H and O–H groups in total. The van der Waals surface area contributed by atoms with E-state index in [4.69, 9.17) is 11.5 Å². The highest BCUT2D eigenvalue weighted by molar-refractivity contribution is 6.44. The van der Waals surface area contributed by atoms with E-state index in [2.05, 4.69) is 25.3 Å². The van der Waals surface area contributed by atoms with Gasteiger partial charge in [-0.3, -0.25) is 14.4 Å². The van der Waals surface area contributed by atoms with Crippen LogP contribution in [-0.2, 0) is 17.9 Å². The Morgan fingerprint density at radius 2 is 1.82 bits per heavy atom. The van der Waals surface area contributed by atoms with Gasteiger partial charge in [0, 0.05) is 18.4 Å². The lowest BCUT2D eigenvalue weighted by Crippen LogP contribution is -2.31. The number of amides is 1. The second-order valence-electron chi connectivity index (χ2n) is 7.06. The van der Waals surface area contributed by atoms with E-state index in [0.29, 0.717) is 17.0 Å². The molecular formula is C23H21FN8O. The van der Waals surface area contributed by atoms with Crippen molar-refractivity contribution in [2.45, 2.75) is 13.1 Å². The lowest BCUT2D eigenvalue weighted by molar-refractivity contribution is -0.115. The zero-order valence-corrected chi connectivity index (χ0v) is 17.5. The average molecular weight is 444 g/mol. The van der Waals surface area contributed by atoms with E-state index in [0.717, 1.165) is 23.0 Å². The molecule has 0 saturated carbocycles. The zero-order valence-electron chi connectivity index (χ0n) is 17.5. The Morgan fingerprint density at radius 3 is 2.55 bits per heavy atom. The molecule has 2 aromatic heterocycles. The number of rotatable bonds is 7. The Morgan fingerprint density at radius 1 is 1.06 bits per heavy atom. The number of nitrogens with one attached hydrogen (secondary N) is 1. The van der Waals surface area contributed by atoms with Crippen LogP contribution in [0.5, 0.6) is 0 Å². The van der Waals surface area contributed by atoms with Gasteiger partial charge in [0.1, 0.15) is 12.7 Å². The Labute approximate surface area is 188 Å². The number of anilines is 1. The molecule has 9 nitrogen and oxygen atoms in total. The number of carbonyl (C=O) groups is 1. The fourth-order valence-electron chi connectivity index (χ4n) is 3.17. The number of imidazole rings is 1. The van der Waals surface area contributed by atoms with E-state index >= 15 is 0 Å². The van der Waals surface area contributed by atoms with Gasteiger partial charge in [-0.25, -0.2) is 19.3 Å². The van der Waals surface area contributed by atoms with E-state index in [-0.39, 0.29) is 18.8 Å². The molecule has 166 valence electrons. The molecule has 10 heteroatoms. The summed E-state index contributed by atoms with van der Waals surface area (Å²) in [4.78, 5) is 29.1. The normalized spacial score (nSPS) is 12.2. The lowest BCUT2D eigenvalue weighted by Gasteiger charge is -2.09. The van der Waals surface area contributed by atoms with E-state index in [1.165, 1.54) is 6.33 Å². The molecule has 4 rings (SSSR count). The molecule has 0 fully saturated rings. The fraction of sp³-hybridized carbons (Fsp3) is 0.0870. The van der Waals surface area contributed by atoms with Crippen molar-refractivity contribution < 1.29 is 9.18 Å². The third kappa shape index (κ3) is 4.85. The van der Waals surface area contributed by atoms with Crippen LogP contribution in [0, 0.1) is 0 Å². The highest BCUT2D eigenvalue weighted by Crippen LogP contribution is 2.19. The predicted molar refractivity (Wildman–Crippen MR) is 124 cm³/mol. The highest BCUT2D eigenvalue weighted by Gasteiger charge is 2.16. The van der Waals surface area contributed by atoms with Crippen molar-refractivity contribution in [1.29, 1.82) is 0 Å². The van der Waals surface area contributed by atoms with E-state index in [1.807, 2.05) is 54.6 Å². The summed E-state index contributed by atoms with van der Waals surface area (Å²) in [7, 11) is 0. The third-order valence-corrected chi connectivity index (χ3v) is 4.88. The summed E-state index contributed by atoms with van der Waals surface area (Å²) in [5.74, 6) is -1.23. The molecule has 0 unspecified atom stereocenters. The highest BCUT2D eigenvalue weighted by atomic mass is 19.1. The number of aliphatic imine (C=N–C) groups is 1. The zero-order chi connectivity index (χ0) is 23.2. The van der Waals surface area contributed by atoms with Gasteiger partial charge in [-0.15, -0.1) is 0 Å². The first-order valence-corrected chi connectivity index (χ1v) is 10.0. The van der Waals surface area contributed by atoms with Crippen LogP contribution in [0.15, 0.2) is 84.3 Å². The van der Waals surface area contributed by atoms with Gasteiger partial charge in [0.15, 0.2) is 28.5 Å². The molecule has 0 aliphatic carbocycles. The van der Waals surface area contributed by atoms with Gasteiger partial charge in [-0.2, -0.15) is 0 Å². The smallest absolute Gasteiger partial charge is 0.272 e. The minimum atomic E-state index is -0.882. The topological polar surface area (TPSA) is 137 Å². The van der Waals surface area contributed by atoms with Crippen molar-refractivity contribution in [3.8, 4) is 5.69 Å². The molecule has 2 heterocycles. The summed E-state index contributed by atoms with van der Waals surface area (Å²) in [5, 5.41) is 2.68. The maximum absolute atomic E-state index is 14.2. The van der Waals surface area contributed by atoms with Gasteiger partial charge in [-0.05, 0) is 23.3 Å². The maximum atomic E-state index is 14.2. The standard InChI is InChI=1S/C23H21FN8O/c24-18(10-25)19(27-11-15-4-2-1-3-5-15)23(33)28-12-16-6-8-17(9-7-16)32-14-31-20-21(26)29-13-30-22(20)32/h1-10,13-14H,11-12,25H2,(H,28,33)(H2,26,29,30). The van der Waals surface area contributed by atoms with Gasteiger partial charge < -0.3 is 16.8 Å². The van der Waals surface area contributed by atoms with Crippen molar-refractivity contribution in [1.82, 2.24) is 24.8 Å². The minimum absolute atomic E-state index is 0.159. The number of fused-ring (bicyclic) bond motifs is 1. The van der Waals surface area contributed by atoms with Gasteiger partial charge in [0.05, 0.1) is 6.54 Å². The van der Waals surface area contributed by atoms with Crippen LogP contribution in [0.25, 0.3) is 16.9 Å². The SMILES string of the molecule is NC=C(F)C(=NCc1ccccc1)C(=O)NCc1ccc(-n2cnc3c(N)ncnc32)cc1. The van der Waals surface area contributed by atoms with Crippen molar-refractivity contribution in [2.24, 2.45) is 10.7 Å². The van der Waals surface area contributed by atoms with Crippen LogP contribution >= 0.6 is 0 Å². The summed E-state index contributed by atoms with van der Waals surface area (Å²) in [6.07, 6.45) is 3.72. The Kier molecular flexibility index (Phi) is 6.35. The van der Waals surface area contributed by atoms with Crippen molar-refractivity contribution >= 4 is 28.6 Å². The predicted octanol–water partition coefficient (Wildman–Crippen LogP) is 2.42. The molecular weight excluding hydrogens is 423 g/mol. The van der Waals surface area contributed by atoms with Crippen LogP contribution in [-0.4, -0.2) is 31.1 Å². The number of nitrogens with two attached hydrogens (primary N) is 2. The number of hydrogen-bond acceptors (Lipinski definition) is 7. The van der Waals surface area contributed by atoms with Gasteiger partial charge in [-0.1, -0.05) is 42.5 Å². The van der Waals surface area contributed by atoms with Crippen LogP contribution in [0.2, 0.25) is 0 Å². The first kappa shape index (κ1) is 21.6. The third-order valence-electron chi connectivity index (χ3n) is 4.88. The first-order chi connectivity index (χ1) is 16.1. The number of carbonyl (C=O) groups excluding carboxylic acids is 1. The second-order valence-corrected chi connectivity index (χ2v) is 7.06. The Bertz CT molecular complexity index is 1330. The fourth-order valence-corrected chi connectivity index (χ4v) is 3.17. The van der Waals surface area contributed by atoms with E-state index < -0.39 is 11.7 Å². The van der Waals surface area contributed by atoms with Crippen molar-refractivity contribution in [2.75, 3.05) is 5.73 Å². The Hall–Kier alpha value is -4.60. The molecule has 0 radical (unpaired) electrons. The molecule has 0 atom stereocenters. The van der Waals surface area contributed by atoms with Crippen LogP contribution in [0.3, 0.4) is 0 Å². The summed E-state index contributed by atoms with van der Waals surface area (Å²) >= 11 is 0. The molecule has 0 bridgehead atoms. The largest absolute Gasteiger partial charge is 0.402 e. The summed E-state index contributed by atoms with van der Waals surface area (Å²) in [5.41, 5.74) is 14.3. The van der Waals surface area contributed by atoms with Crippen LogP contribution < -0.4 is 16.8 Å². The number of aromatic nitrogens is 4.